The van der Waals surface area contributed by atoms with Gasteiger partial charge >= 0.3 is 51.4 Å². The Morgan fingerprint density at radius 3 is 1.50 bits per heavy atom. The monoisotopic (exact) mass is 137 g/mol. The van der Waals surface area contributed by atoms with Gasteiger partial charge in [0.1, 0.15) is 0 Å². The minimum absolute atomic E-state index is 0. The summed E-state index contributed by atoms with van der Waals surface area (Å²) in [6.07, 6.45) is 3.50. The molecule has 0 spiro atoms. The largest absolute Gasteiger partial charge is 1.00 e. The average molecular weight is 137 g/mol. The first-order valence-electron chi connectivity index (χ1n) is 1.85. The van der Waals surface area contributed by atoms with Crippen LogP contribution in [0.1, 0.15) is 0 Å². The number of aromatic nitrogens is 1. The number of halogens is 1. The first kappa shape index (κ1) is 11.5. The molecule has 0 bridgehead atoms. The Balaban J connectivity index is 0. The van der Waals surface area contributed by atoms with Gasteiger partial charge in [0.05, 0.1) is 0 Å². The number of hydrogen-bond donors (Lipinski definition) is 0. The van der Waals surface area contributed by atoms with Gasteiger partial charge in [0, 0.05) is 12.4 Å². The second-order valence-electron chi connectivity index (χ2n) is 1.02. The van der Waals surface area contributed by atoms with Crippen molar-refractivity contribution in [1.82, 2.24) is 4.98 Å². The van der Waals surface area contributed by atoms with Crippen molar-refractivity contribution < 1.29 is 56.1 Å². The molecule has 0 aliphatic carbocycles. The van der Waals surface area contributed by atoms with E-state index in [1.165, 1.54) is 0 Å². The van der Waals surface area contributed by atoms with Gasteiger partial charge < -0.3 is 4.70 Å². The molecular formula is C5H5FKN. The summed E-state index contributed by atoms with van der Waals surface area (Å²) >= 11 is 0. The molecule has 38 valence electrons. The third-order valence-electron chi connectivity index (χ3n) is 0.566. The maximum atomic E-state index is 3.78. The van der Waals surface area contributed by atoms with Crippen LogP contribution in [0.2, 0.25) is 0 Å². The standard InChI is InChI=1S/C5H5N.FH.K/c1-2-4-6-5-3-1;;/h1-5H;1H;/q;;+1/p-1. The molecule has 0 radical (unpaired) electrons. The van der Waals surface area contributed by atoms with Gasteiger partial charge in [-0.1, -0.05) is 6.07 Å². The molecule has 0 unspecified atom stereocenters. The van der Waals surface area contributed by atoms with E-state index in [0.717, 1.165) is 0 Å². The number of rotatable bonds is 0. The molecule has 0 saturated heterocycles. The Labute approximate surface area is 90.3 Å². The zero-order valence-electron chi connectivity index (χ0n) is 4.71. The third-order valence-corrected chi connectivity index (χ3v) is 0.566. The number of nitrogens with zero attached hydrogens (tertiary/aromatic N) is 1. The van der Waals surface area contributed by atoms with Crippen molar-refractivity contribution in [3.63, 3.8) is 0 Å². The molecule has 8 heavy (non-hydrogen) atoms. The van der Waals surface area contributed by atoms with Crippen molar-refractivity contribution in [3.8, 4) is 0 Å². The third kappa shape index (κ3) is 4.87. The van der Waals surface area contributed by atoms with E-state index >= 15 is 0 Å². The molecule has 0 N–H and O–H groups in total. The van der Waals surface area contributed by atoms with Crippen LogP contribution in [-0.4, -0.2) is 4.98 Å². The summed E-state index contributed by atoms with van der Waals surface area (Å²) in [6, 6.07) is 5.72. The van der Waals surface area contributed by atoms with E-state index < -0.39 is 0 Å². The van der Waals surface area contributed by atoms with E-state index in [4.69, 9.17) is 0 Å². The summed E-state index contributed by atoms with van der Waals surface area (Å²) < 4.78 is 0. The van der Waals surface area contributed by atoms with E-state index in [2.05, 4.69) is 4.98 Å². The summed E-state index contributed by atoms with van der Waals surface area (Å²) in [6.45, 7) is 0. The van der Waals surface area contributed by atoms with E-state index in [1.807, 2.05) is 18.2 Å². The Kier molecular flexibility index (Phi) is 11.1. The smallest absolute Gasteiger partial charge is 1.00 e. The first-order chi connectivity index (χ1) is 3.00. The number of hydrogen-bond acceptors (Lipinski definition) is 1. The predicted octanol–water partition coefficient (Wildman–Crippen LogP) is -4.91. The fraction of sp³-hybridized carbons (Fsp3) is 0. The Morgan fingerprint density at radius 1 is 0.875 bits per heavy atom. The summed E-state index contributed by atoms with van der Waals surface area (Å²) in [5, 5.41) is 0. The fourth-order valence-electron chi connectivity index (χ4n) is 0.313. The van der Waals surface area contributed by atoms with E-state index in [0.29, 0.717) is 0 Å². The molecule has 0 fully saturated rings. The Bertz CT molecular complexity index is 84.4. The fourth-order valence-corrected chi connectivity index (χ4v) is 0.313. The van der Waals surface area contributed by atoms with Gasteiger partial charge in [-0.25, -0.2) is 0 Å². The minimum Gasteiger partial charge on any atom is -1.00 e. The van der Waals surface area contributed by atoms with Crippen molar-refractivity contribution >= 4 is 0 Å². The van der Waals surface area contributed by atoms with Crippen molar-refractivity contribution in [2.24, 2.45) is 0 Å². The van der Waals surface area contributed by atoms with Gasteiger partial charge in [-0.05, 0) is 12.1 Å². The van der Waals surface area contributed by atoms with Gasteiger partial charge in [-0.15, -0.1) is 0 Å². The molecule has 1 rings (SSSR count). The van der Waals surface area contributed by atoms with Crippen molar-refractivity contribution in [3.05, 3.63) is 30.6 Å². The van der Waals surface area contributed by atoms with Crippen LogP contribution in [0.25, 0.3) is 0 Å². The van der Waals surface area contributed by atoms with Crippen molar-refractivity contribution in [1.29, 1.82) is 0 Å². The van der Waals surface area contributed by atoms with Crippen LogP contribution in [0.15, 0.2) is 30.6 Å². The van der Waals surface area contributed by atoms with Crippen LogP contribution in [-0.2, 0) is 0 Å². The van der Waals surface area contributed by atoms with E-state index in [9.17, 15) is 0 Å². The Morgan fingerprint density at radius 2 is 1.38 bits per heavy atom. The minimum atomic E-state index is 0. The molecule has 0 aliphatic heterocycles. The van der Waals surface area contributed by atoms with E-state index in [-0.39, 0.29) is 56.1 Å². The van der Waals surface area contributed by atoms with Crippen LogP contribution in [0, 0.1) is 0 Å². The summed E-state index contributed by atoms with van der Waals surface area (Å²) in [5.41, 5.74) is 0. The SMILES string of the molecule is [F-].[K+].c1ccncc1. The summed E-state index contributed by atoms with van der Waals surface area (Å²) in [7, 11) is 0. The molecule has 0 saturated carbocycles. The topological polar surface area (TPSA) is 12.9 Å². The van der Waals surface area contributed by atoms with Crippen molar-refractivity contribution in [2.45, 2.75) is 0 Å². The molecule has 1 nitrogen and oxygen atoms in total. The summed E-state index contributed by atoms with van der Waals surface area (Å²) in [4.78, 5) is 3.78. The zero-order valence-corrected chi connectivity index (χ0v) is 7.84. The maximum absolute atomic E-state index is 3.78. The quantitative estimate of drug-likeness (QED) is 0.327. The molecular weight excluding hydrogens is 132 g/mol. The van der Waals surface area contributed by atoms with Crippen LogP contribution >= 0.6 is 0 Å². The molecule has 1 aromatic heterocycles. The van der Waals surface area contributed by atoms with Crippen LogP contribution < -0.4 is 56.1 Å². The molecule has 0 aromatic carbocycles. The molecule has 0 atom stereocenters. The van der Waals surface area contributed by atoms with Gasteiger partial charge in [-0.2, -0.15) is 0 Å². The second-order valence-corrected chi connectivity index (χ2v) is 1.02. The molecule has 0 aliphatic rings. The average Bonchev–Trinajstić information content (AvgIpc) is 1.72. The molecule has 1 heterocycles. The van der Waals surface area contributed by atoms with E-state index in [1.54, 1.807) is 12.4 Å². The van der Waals surface area contributed by atoms with Crippen LogP contribution in [0.5, 0.6) is 0 Å². The number of pyridine rings is 1. The molecule has 0 amide bonds. The van der Waals surface area contributed by atoms with Gasteiger partial charge in [0.15, 0.2) is 0 Å². The zero-order chi connectivity index (χ0) is 4.24. The second kappa shape index (κ2) is 7.72. The normalized spacial score (nSPS) is 6.00. The maximum Gasteiger partial charge on any atom is 1.00 e. The van der Waals surface area contributed by atoms with Gasteiger partial charge in [-0.3, -0.25) is 4.98 Å². The Hall–Kier alpha value is 0.716. The molecule has 1 aromatic rings. The van der Waals surface area contributed by atoms with Crippen molar-refractivity contribution in [2.75, 3.05) is 0 Å². The van der Waals surface area contributed by atoms with Crippen LogP contribution in [0.4, 0.5) is 0 Å². The first-order valence-corrected chi connectivity index (χ1v) is 1.85. The van der Waals surface area contributed by atoms with Gasteiger partial charge in [0.2, 0.25) is 0 Å². The van der Waals surface area contributed by atoms with Crippen LogP contribution in [0.3, 0.4) is 0 Å². The molecule has 3 heteroatoms. The summed E-state index contributed by atoms with van der Waals surface area (Å²) in [5.74, 6) is 0. The van der Waals surface area contributed by atoms with Gasteiger partial charge in [0.25, 0.3) is 0 Å². The predicted molar refractivity (Wildman–Crippen MR) is 24.2 cm³/mol.